The molecule has 2 aliphatic rings. The highest BCUT2D eigenvalue weighted by atomic mass is 35.5. The van der Waals surface area contributed by atoms with Crippen LogP contribution in [0.5, 0.6) is 11.5 Å². The van der Waals surface area contributed by atoms with Crippen LogP contribution in [0, 0.1) is 0 Å². The van der Waals surface area contributed by atoms with Gasteiger partial charge in [-0.2, -0.15) is 0 Å². The summed E-state index contributed by atoms with van der Waals surface area (Å²) in [5.74, 6) is 1.79. The Bertz CT molecular complexity index is 547. The molecule has 2 N–H and O–H groups in total. The van der Waals surface area contributed by atoms with Gasteiger partial charge in [0.2, 0.25) is 12.7 Å². The third kappa shape index (κ3) is 4.54. The number of carbonyl (C=O) groups is 1. The summed E-state index contributed by atoms with van der Waals surface area (Å²) in [4.78, 5) is 14.7. The van der Waals surface area contributed by atoms with E-state index in [1.165, 1.54) is 19.3 Å². The zero-order valence-electron chi connectivity index (χ0n) is 14.0. The van der Waals surface area contributed by atoms with Crippen molar-refractivity contribution in [3.05, 3.63) is 23.8 Å². The second kappa shape index (κ2) is 9.14. The summed E-state index contributed by atoms with van der Waals surface area (Å²) in [6.45, 7) is 1.49. The predicted molar refractivity (Wildman–Crippen MR) is 95.5 cm³/mol. The summed E-state index contributed by atoms with van der Waals surface area (Å²) >= 11 is 0. The Morgan fingerprint density at radius 2 is 1.92 bits per heavy atom. The van der Waals surface area contributed by atoms with Crippen molar-refractivity contribution in [3.8, 4) is 11.5 Å². The summed E-state index contributed by atoms with van der Waals surface area (Å²) in [7, 11) is 0. The van der Waals surface area contributed by atoms with Crippen molar-refractivity contribution < 1.29 is 14.3 Å². The minimum absolute atomic E-state index is 0. The summed E-state index contributed by atoms with van der Waals surface area (Å²) in [6.07, 6.45) is 7.23. The summed E-state index contributed by atoms with van der Waals surface area (Å²) in [5.41, 5.74) is 6.67. The van der Waals surface area contributed by atoms with Crippen molar-refractivity contribution >= 4 is 18.3 Å². The van der Waals surface area contributed by atoms with Gasteiger partial charge in [-0.15, -0.1) is 12.4 Å². The van der Waals surface area contributed by atoms with Crippen molar-refractivity contribution in [1.82, 2.24) is 4.90 Å². The van der Waals surface area contributed by atoms with Gasteiger partial charge in [0.15, 0.2) is 11.5 Å². The second-order valence-electron chi connectivity index (χ2n) is 6.39. The fraction of sp³-hybridized carbons (Fsp3) is 0.611. The van der Waals surface area contributed by atoms with E-state index < -0.39 is 0 Å². The van der Waals surface area contributed by atoms with Gasteiger partial charge in [-0.05, 0) is 43.5 Å². The molecule has 0 spiro atoms. The molecule has 1 aliphatic carbocycles. The van der Waals surface area contributed by atoms with Crippen LogP contribution in [-0.2, 0) is 11.3 Å². The molecule has 134 valence electrons. The number of ether oxygens (including phenoxy) is 2. The molecule has 0 aromatic heterocycles. The minimum Gasteiger partial charge on any atom is -0.454 e. The highest BCUT2D eigenvalue weighted by Crippen LogP contribution is 2.33. The zero-order chi connectivity index (χ0) is 16.1. The topological polar surface area (TPSA) is 64.8 Å². The minimum atomic E-state index is 0. The third-order valence-electron chi connectivity index (χ3n) is 4.72. The molecule has 6 heteroatoms. The number of carbonyl (C=O) groups excluding carboxylic acids is 1. The molecule has 1 amide bonds. The smallest absolute Gasteiger partial charge is 0.231 e. The van der Waals surface area contributed by atoms with Gasteiger partial charge >= 0.3 is 0 Å². The van der Waals surface area contributed by atoms with Crippen molar-refractivity contribution in [2.75, 3.05) is 13.3 Å². The lowest BCUT2D eigenvalue weighted by atomic mass is 9.93. The number of nitrogens with zero attached hydrogens (tertiary/aromatic N) is 1. The lowest BCUT2D eigenvalue weighted by Crippen LogP contribution is -2.41. The number of hydrogen-bond donors (Lipinski definition) is 1. The maximum atomic E-state index is 12.7. The Kier molecular flexibility index (Phi) is 7.18. The van der Waals surface area contributed by atoms with E-state index in [1.807, 2.05) is 18.2 Å². The van der Waals surface area contributed by atoms with Gasteiger partial charge in [0.05, 0.1) is 0 Å². The monoisotopic (exact) mass is 354 g/mol. The predicted octanol–water partition coefficient (Wildman–Crippen LogP) is 3.24. The van der Waals surface area contributed by atoms with Crippen molar-refractivity contribution in [2.24, 2.45) is 5.73 Å². The van der Waals surface area contributed by atoms with Gasteiger partial charge in [0, 0.05) is 19.0 Å². The van der Waals surface area contributed by atoms with E-state index in [2.05, 4.69) is 4.90 Å². The SMILES string of the molecule is Cl.NCCCC(=O)N(Cc1ccc2c(c1)OCO2)C1CCCCC1. The van der Waals surface area contributed by atoms with Crippen LogP contribution in [0.15, 0.2) is 18.2 Å². The first kappa shape index (κ1) is 18.9. The number of fused-ring (bicyclic) bond motifs is 1. The van der Waals surface area contributed by atoms with Crippen molar-refractivity contribution in [1.29, 1.82) is 0 Å². The van der Waals surface area contributed by atoms with Crippen LogP contribution in [0.4, 0.5) is 0 Å². The molecular formula is C18H27ClN2O3. The van der Waals surface area contributed by atoms with Crippen molar-refractivity contribution in [3.63, 3.8) is 0 Å². The van der Waals surface area contributed by atoms with Crippen LogP contribution >= 0.6 is 12.4 Å². The number of hydrogen-bond acceptors (Lipinski definition) is 4. The Morgan fingerprint density at radius 3 is 2.67 bits per heavy atom. The van der Waals surface area contributed by atoms with E-state index in [9.17, 15) is 4.79 Å². The van der Waals surface area contributed by atoms with Crippen molar-refractivity contribution in [2.45, 2.75) is 57.5 Å². The van der Waals surface area contributed by atoms with E-state index in [1.54, 1.807) is 0 Å². The zero-order valence-corrected chi connectivity index (χ0v) is 14.9. The van der Waals surface area contributed by atoms with Gasteiger partial charge in [0.1, 0.15) is 0 Å². The number of halogens is 1. The number of rotatable bonds is 6. The fourth-order valence-corrected chi connectivity index (χ4v) is 3.45. The first-order valence-corrected chi connectivity index (χ1v) is 8.66. The van der Waals surface area contributed by atoms with E-state index in [0.717, 1.165) is 36.3 Å². The van der Waals surface area contributed by atoms with E-state index >= 15 is 0 Å². The lowest BCUT2D eigenvalue weighted by Gasteiger charge is -2.34. The molecule has 1 heterocycles. The fourth-order valence-electron chi connectivity index (χ4n) is 3.45. The quantitative estimate of drug-likeness (QED) is 0.851. The molecule has 5 nitrogen and oxygen atoms in total. The van der Waals surface area contributed by atoms with Gasteiger partial charge in [-0.3, -0.25) is 4.79 Å². The van der Waals surface area contributed by atoms with Crippen LogP contribution < -0.4 is 15.2 Å². The molecule has 1 saturated carbocycles. The number of amides is 1. The van der Waals surface area contributed by atoms with Gasteiger partial charge < -0.3 is 20.1 Å². The summed E-state index contributed by atoms with van der Waals surface area (Å²) < 4.78 is 10.8. The Hall–Kier alpha value is -1.46. The second-order valence-corrected chi connectivity index (χ2v) is 6.39. The first-order chi connectivity index (χ1) is 11.3. The third-order valence-corrected chi connectivity index (χ3v) is 4.72. The molecule has 24 heavy (non-hydrogen) atoms. The first-order valence-electron chi connectivity index (χ1n) is 8.66. The molecule has 0 atom stereocenters. The summed E-state index contributed by atoms with van der Waals surface area (Å²) in [6, 6.07) is 6.31. The maximum absolute atomic E-state index is 12.7. The highest BCUT2D eigenvalue weighted by Gasteiger charge is 2.25. The Morgan fingerprint density at radius 1 is 1.17 bits per heavy atom. The summed E-state index contributed by atoms with van der Waals surface area (Å²) in [5, 5.41) is 0. The van der Waals surface area contributed by atoms with Crippen LogP contribution in [0.25, 0.3) is 0 Å². The molecule has 1 fully saturated rings. The number of benzene rings is 1. The molecule has 3 rings (SSSR count). The van der Waals surface area contributed by atoms with Crippen LogP contribution in [0.3, 0.4) is 0 Å². The molecule has 1 aromatic rings. The Labute approximate surface area is 149 Å². The molecule has 0 unspecified atom stereocenters. The van der Waals surface area contributed by atoms with E-state index in [4.69, 9.17) is 15.2 Å². The molecule has 0 radical (unpaired) electrons. The normalized spacial score (nSPS) is 16.5. The standard InChI is InChI=1S/C18H26N2O3.ClH/c19-10-4-7-18(21)20(15-5-2-1-3-6-15)12-14-8-9-16-17(11-14)23-13-22-16;/h8-9,11,15H,1-7,10,12-13,19H2;1H. The van der Waals surface area contributed by atoms with Crippen LogP contribution in [0.2, 0.25) is 0 Å². The average molecular weight is 355 g/mol. The average Bonchev–Trinajstić information content (AvgIpc) is 3.06. The van der Waals surface area contributed by atoms with Crippen LogP contribution in [-0.4, -0.2) is 30.2 Å². The molecule has 0 saturated heterocycles. The molecular weight excluding hydrogens is 328 g/mol. The lowest BCUT2D eigenvalue weighted by molar-refractivity contribution is -0.135. The highest BCUT2D eigenvalue weighted by molar-refractivity contribution is 5.85. The van der Waals surface area contributed by atoms with E-state index in [0.29, 0.717) is 25.6 Å². The molecule has 1 aliphatic heterocycles. The van der Waals surface area contributed by atoms with E-state index in [-0.39, 0.29) is 25.1 Å². The maximum Gasteiger partial charge on any atom is 0.231 e. The molecule has 1 aromatic carbocycles. The molecule has 0 bridgehead atoms. The van der Waals surface area contributed by atoms with Crippen LogP contribution in [0.1, 0.15) is 50.5 Å². The van der Waals surface area contributed by atoms with Gasteiger partial charge in [-0.1, -0.05) is 25.3 Å². The largest absolute Gasteiger partial charge is 0.454 e. The van der Waals surface area contributed by atoms with Gasteiger partial charge in [0.25, 0.3) is 0 Å². The Balaban J connectivity index is 0.00000208. The number of nitrogens with two attached hydrogens (primary N) is 1. The van der Waals surface area contributed by atoms with Gasteiger partial charge in [-0.25, -0.2) is 0 Å².